The van der Waals surface area contributed by atoms with Crippen molar-refractivity contribution in [3.05, 3.63) is 39.2 Å². The normalized spacial score (nSPS) is 10.9. The van der Waals surface area contributed by atoms with Gasteiger partial charge in [-0.25, -0.2) is 9.37 Å². The molecule has 0 aliphatic heterocycles. The van der Waals surface area contributed by atoms with Crippen molar-refractivity contribution in [2.24, 2.45) is 0 Å². The van der Waals surface area contributed by atoms with Gasteiger partial charge in [0.25, 0.3) is 0 Å². The van der Waals surface area contributed by atoms with E-state index in [1.165, 1.54) is 0 Å². The number of pyridine rings is 1. The number of halogens is 3. The van der Waals surface area contributed by atoms with Crippen LogP contribution in [0.1, 0.15) is 5.56 Å². The minimum Gasteiger partial charge on any atom is -0.233 e. The average Bonchev–Trinajstić information content (AvgIpc) is 2.14. The Morgan fingerprint density at radius 2 is 2.14 bits per heavy atom. The number of benzene rings is 1. The van der Waals surface area contributed by atoms with E-state index >= 15 is 0 Å². The maximum Gasteiger partial charge on any atom is 0.163 e. The van der Waals surface area contributed by atoms with E-state index in [-0.39, 0.29) is 5.82 Å². The Balaban J connectivity index is 2.95. The monoisotopic (exact) mass is 273 g/mol. The number of nitrogens with zero attached hydrogens (tertiary/aromatic N) is 1. The molecule has 0 fully saturated rings. The van der Waals surface area contributed by atoms with Crippen molar-refractivity contribution < 1.29 is 4.39 Å². The molecule has 0 atom stereocenters. The van der Waals surface area contributed by atoms with E-state index in [0.717, 1.165) is 10.9 Å². The van der Waals surface area contributed by atoms with Crippen LogP contribution in [-0.4, -0.2) is 4.98 Å². The van der Waals surface area contributed by atoms with Crippen LogP contribution in [0, 0.1) is 12.7 Å². The SMILES string of the molecule is Cc1cc(Br)c(F)c2nc(Cl)ccc12. The Bertz CT molecular complexity index is 513. The molecule has 14 heavy (non-hydrogen) atoms. The molecule has 1 aromatic heterocycles. The highest BCUT2D eigenvalue weighted by Gasteiger charge is 2.09. The van der Waals surface area contributed by atoms with Crippen LogP contribution in [0.3, 0.4) is 0 Å². The van der Waals surface area contributed by atoms with E-state index in [2.05, 4.69) is 20.9 Å². The molecule has 0 bridgehead atoms. The molecule has 4 heteroatoms. The first-order valence-corrected chi connectivity index (χ1v) is 5.17. The summed E-state index contributed by atoms with van der Waals surface area (Å²) in [5.74, 6) is -0.367. The average molecular weight is 275 g/mol. The van der Waals surface area contributed by atoms with E-state index in [1.54, 1.807) is 18.2 Å². The van der Waals surface area contributed by atoms with Crippen LogP contribution < -0.4 is 0 Å². The summed E-state index contributed by atoms with van der Waals surface area (Å²) in [4.78, 5) is 3.96. The fourth-order valence-electron chi connectivity index (χ4n) is 1.37. The zero-order chi connectivity index (χ0) is 10.3. The minimum atomic E-state index is -0.367. The smallest absolute Gasteiger partial charge is 0.163 e. The first-order chi connectivity index (χ1) is 6.59. The third-order valence-electron chi connectivity index (χ3n) is 2.05. The fraction of sp³-hybridized carbons (Fsp3) is 0.100. The molecule has 0 amide bonds. The second-order valence-corrected chi connectivity index (χ2v) is 4.26. The fourth-order valence-corrected chi connectivity index (χ4v) is 2.04. The Hall–Kier alpha value is -0.670. The van der Waals surface area contributed by atoms with E-state index in [1.807, 2.05) is 6.92 Å². The van der Waals surface area contributed by atoms with Crippen molar-refractivity contribution >= 4 is 38.4 Å². The van der Waals surface area contributed by atoms with Crippen molar-refractivity contribution in [1.82, 2.24) is 4.98 Å². The predicted octanol–water partition coefficient (Wildman–Crippen LogP) is 4.10. The van der Waals surface area contributed by atoms with Gasteiger partial charge in [0.05, 0.1) is 4.47 Å². The number of hydrogen-bond donors (Lipinski definition) is 0. The highest BCUT2D eigenvalue weighted by molar-refractivity contribution is 9.10. The van der Waals surface area contributed by atoms with Crippen molar-refractivity contribution in [3.63, 3.8) is 0 Å². The molecule has 1 heterocycles. The number of aromatic nitrogens is 1. The Morgan fingerprint density at radius 1 is 1.43 bits per heavy atom. The van der Waals surface area contributed by atoms with Crippen molar-refractivity contribution in [2.45, 2.75) is 6.92 Å². The van der Waals surface area contributed by atoms with E-state index in [4.69, 9.17) is 11.6 Å². The molecule has 0 aliphatic rings. The van der Waals surface area contributed by atoms with Gasteiger partial charge >= 0.3 is 0 Å². The van der Waals surface area contributed by atoms with E-state index < -0.39 is 0 Å². The molecule has 0 saturated heterocycles. The minimum absolute atomic E-state index is 0.300. The molecule has 72 valence electrons. The summed E-state index contributed by atoms with van der Waals surface area (Å²) < 4.78 is 14.0. The van der Waals surface area contributed by atoms with Gasteiger partial charge in [-0.3, -0.25) is 0 Å². The lowest BCUT2D eigenvalue weighted by molar-refractivity contribution is 0.630. The second-order valence-electron chi connectivity index (χ2n) is 3.02. The Kier molecular flexibility index (Phi) is 2.45. The first-order valence-electron chi connectivity index (χ1n) is 4.00. The largest absolute Gasteiger partial charge is 0.233 e. The third kappa shape index (κ3) is 1.51. The van der Waals surface area contributed by atoms with Gasteiger partial charge in [-0.05, 0) is 46.6 Å². The summed E-state index contributed by atoms with van der Waals surface area (Å²) in [5, 5.41) is 1.09. The molecular formula is C10H6BrClFN. The Labute approximate surface area is 94.0 Å². The van der Waals surface area contributed by atoms with Gasteiger partial charge < -0.3 is 0 Å². The molecule has 0 aliphatic carbocycles. The lowest BCUT2D eigenvalue weighted by atomic mass is 10.1. The van der Waals surface area contributed by atoms with Gasteiger partial charge in [0.1, 0.15) is 10.7 Å². The number of fused-ring (bicyclic) bond motifs is 1. The molecular weight excluding hydrogens is 268 g/mol. The predicted molar refractivity (Wildman–Crippen MR) is 59.1 cm³/mol. The molecule has 0 spiro atoms. The summed E-state index contributed by atoms with van der Waals surface area (Å²) in [5.41, 5.74) is 1.28. The molecule has 0 N–H and O–H groups in total. The van der Waals surface area contributed by atoms with Crippen molar-refractivity contribution in [2.75, 3.05) is 0 Å². The van der Waals surface area contributed by atoms with Crippen LogP contribution in [0.25, 0.3) is 10.9 Å². The summed E-state index contributed by atoms with van der Waals surface area (Å²) >= 11 is 8.84. The van der Waals surface area contributed by atoms with Gasteiger partial charge in [0.2, 0.25) is 0 Å². The second kappa shape index (κ2) is 3.48. The Morgan fingerprint density at radius 3 is 2.86 bits per heavy atom. The van der Waals surface area contributed by atoms with Gasteiger partial charge in [0, 0.05) is 5.39 Å². The van der Waals surface area contributed by atoms with Crippen LogP contribution in [-0.2, 0) is 0 Å². The summed E-state index contributed by atoms with van der Waals surface area (Å²) in [6.07, 6.45) is 0. The first kappa shape index (κ1) is 9.87. The van der Waals surface area contributed by atoms with Crippen molar-refractivity contribution in [1.29, 1.82) is 0 Å². The standard InChI is InChI=1S/C10H6BrClFN/c1-5-4-7(11)9(13)10-6(5)2-3-8(12)14-10/h2-4H,1H3. The quantitative estimate of drug-likeness (QED) is 0.659. The summed E-state index contributed by atoms with van der Waals surface area (Å²) in [7, 11) is 0. The lowest BCUT2D eigenvalue weighted by Crippen LogP contribution is -1.89. The molecule has 1 nitrogen and oxygen atoms in total. The van der Waals surface area contributed by atoms with Gasteiger partial charge in [0.15, 0.2) is 5.82 Å². The number of aryl methyl sites for hydroxylation is 1. The van der Waals surface area contributed by atoms with Crippen LogP contribution >= 0.6 is 27.5 Å². The molecule has 0 unspecified atom stereocenters. The molecule has 1 aromatic carbocycles. The third-order valence-corrected chi connectivity index (χ3v) is 2.83. The van der Waals surface area contributed by atoms with E-state index in [9.17, 15) is 4.39 Å². The lowest BCUT2D eigenvalue weighted by Gasteiger charge is -2.04. The van der Waals surface area contributed by atoms with Gasteiger partial charge in [-0.1, -0.05) is 11.6 Å². The van der Waals surface area contributed by atoms with Crippen molar-refractivity contribution in [3.8, 4) is 0 Å². The summed E-state index contributed by atoms with van der Waals surface area (Å²) in [6.45, 7) is 1.90. The zero-order valence-electron chi connectivity index (χ0n) is 7.31. The summed E-state index contributed by atoms with van der Waals surface area (Å²) in [6, 6.07) is 5.16. The zero-order valence-corrected chi connectivity index (χ0v) is 9.66. The van der Waals surface area contributed by atoms with Crippen LogP contribution in [0.5, 0.6) is 0 Å². The highest BCUT2D eigenvalue weighted by Crippen LogP contribution is 2.27. The van der Waals surface area contributed by atoms with Gasteiger partial charge in [-0.2, -0.15) is 0 Å². The maximum absolute atomic E-state index is 13.6. The maximum atomic E-state index is 13.6. The molecule has 0 radical (unpaired) electrons. The van der Waals surface area contributed by atoms with Crippen LogP contribution in [0.2, 0.25) is 5.15 Å². The molecule has 0 saturated carbocycles. The topological polar surface area (TPSA) is 12.9 Å². The number of hydrogen-bond acceptors (Lipinski definition) is 1. The highest BCUT2D eigenvalue weighted by atomic mass is 79.9. The van der Waals surface area contributed by atoms with Crippen LogP contribution in [0.4, 0.5) is 4.39 Å². The van der Waals surface area contributed by atoms with Gasteiger partial charge in [-0.15, -0.1) is 0 Å². The number of rotatable bonds is 0. The van der Waals surface area contributed by atoms with E-state index in [0.29, 0.717) is 15.1 Å². The van der Waals surface area contributed by atoms with Crippen LogP contribution in [0.15, 0.2) is 22.7 Å². The molecule has 2 rings (SSSR count). The molecule has 2 aromatic rings.